The maximum absolute atomic E-state index is 12.2. The summed E-state index contributed by atoms with van der Waals surface area (Å²) in [6, 6.07) is 8.75. The number of aromatic nitrogens is 2. The summed E-state index contributed by atoms with van der Waals surface area (Å²) >= 11 is 0. The summed E-state index contributed by atoms with van der Waals surface area (Å²) in [5, 5.41) is 5.69. The lowest BCUT2D eigenvalue weighted by Gasteiger charge is -2.26. The smallest absolute Gasteiger partial charge is 0.347 e. The van der Waals surface area contributed by atoms with Crippen molar-refractivity contribution in [2.24, 2.45) is 0 Å². The Kier molecular flexibility index (Phi) is 7.77. The molecule has 0 aliphatic carbocycles. The number of hydrogen-bond donors (Lipinski definition) is 2. The van der Waals surface area contributed by atoms with Gasteiger partial charge in [-0.25, -0.2) is 14.6 Å². The molecular weight excluding hydrogens is 396 g/mol. The zero-order valence-electron chi connectivity index (χ0n) is 18.1. The summed E-state index contributed by atoms with van der Waals surface area (Å²) < 4.78 is 1.51. The van der Waals surface area contributed by atoms with E-state index < -0.39 is 0 Å². The van der Waals surface area contributed by atoms with Gasteiger partial charge in [0.25, 0.3) is 0 Å². The normalized spacial score (nSPS) is 16.1. The van der Waals surface area contributed by atoms with E-state index in [0.29, 0.717) is 18.8 Å². The van der Waals surface area contributed by atoms with Crippen molar-refractivity contribution >= 4 is 17.6 Å². The van der Waals surface area contributed by atoms with Gasteiger partial charge in [-0.3, -0.25) is 14.3 Å². The van der Waals surface area contributed by atoms with Crippen molar-refractivity contribution in [3.05, 3.63) is 58.8 Å². The summed E-state index contributed by atoms with van der Waals surface area (Å²) in [5.41, 5.74) is 1.23. The number of anilines is 1. The highest BCUT2D eigenvalue weighted by Gasteiger charge is 2.30. The number of rotatable bonds is 8. The van der Waals surface area contributed by atoms with Gasteiger partial charge in [-0.05, 0) is 49.6 Å². The van der Waals surface area contributed by atoms with E-state index in [-0.39, 0.29) is 23.7 Å². The molecule has 1 aromatic carbocycles. The molecule has 3 rings (SSSR count). The molecule has 9 heteroatoms. The third-order valence-corrected chi connectivity index (χ3v) is 5.32. The molecule has 2 aromatic rings. The van der Waals surface area contributed by atoms with Gasteiger partial charge in [-0.2, -0.15) is 0 Å². The first-order valence-corrected chi connectivity index (χ1v) is 10.5. The Bertz CT molecular complexity index is 958. The van der Waals surface area contributed by atoms with Crippen molar-refractivity contribution < 1.29 is 9.59 Å². The molecule has 1 aromatic heterocycles. The van der Waals surface area contributed by atoms with Crippen LogP contribution in [0, 0.1) is 0 Å². The average Bonchev–Trinajstić information content (AvgIpc) is 3.21. The van der Waals surface area contributed by atoms with Crippen LogP contribution < -0.4 is 16.3 Å². The van der Waals surface area contributed by atoms with Crippen molar-refractivity contribution in [1.29, 1.82) is 0 Å². The van der Waals surface area contributed by atoms with Crippen LogP contribution in [0.25, 0.3) is 0 Å². The zero-order chi connectivity index (χ0) is 22.2. The summed E-state index contributed by atoms with van der Waals surface area (Å²) in [7, 11) is 3.57. The van der Waals surface area contributed by atoms with Crippen LogP contribution in [-0.2, 0) is 11.3 Å². The standard InChI is InChI=1S/C22H30N6O3/c1-26(2)20(29)19-9-4-12-27(19)13-5-10-23-21(30)25-18-8-3-7-17(15-18)16-28-14-6-11-24-22(28)31/h3,6-8,11,14-15,19H,4-5,9-10,12-13,16H2,1-2H3,(H2,23,25,30)/t19-/m0/s1. The Balaban J connectivity index is 1.43. The van der Waals surface area contributed by atoms with E-state index in [9.17, 15) is 14.4 Å². The van der Waals surface area contributed by atoms with Crippen molar-refractivity contribution in [3.63, 3.8) is 0 Å². The monoisotopic (exact) mass is 426 g/mol. The molecule has 1 atom stereocenters. The first-order valence-electron chi connectivity index (χ1n) is 10.5. The van der Waals surface area contributed by atoms with Crippen LogP contribution in [0.4, 0.5) is 10.5 Å². The summed E-state index contributed by atoms with van der Waals surface area (Å²) in [5.74, 6) is 0.150. The SMILES string of the molecule is CN(C)C(=O)[C@@H]1CCCN1CCCNC(=O)Nc1cccc(Cn2cccnc2=O)c1. The Morgan fingerprint density at radius 1 is 1.26 bits per heavy atom. The van der Waals surface area contributed by atoms with Crippen LogP contribution in [0.15, 0.2) is 47.5 Å². The molecule has 31 heavy (non-hydrogen) atoms. The lowest BCUT2D eigenvalue weighted by molar-refractivity contribution is -0.133. The minimum atomic E-state index is -0.314. The number of benzene rings is 1. The number of carbonyl (C=O) groups is 2. The minimum Gasteiger partial charge on any atom is -0.347 e. The Labute approximate surface area is 182 Å². The van der Waals surface area contributed by atoms with Crippen LogP contribution in [0.2, 0.25) is 0 Å². The third-order valence-electron chi connectivity index (χ3n) is 5.32. The molecule has 1 fully saturated rings. The second-order valence-corrected chi connectivity index (χ2v) is 7.89. The van der Waals surface area contributed by atoms with Crippen molar-refractivity contribution in [1.82, 2.24) is 24.7 Å². The largest absolute Gasteiger partial charge is 0.347 e. The molecule has 1 aliphatic heterocycles. The highest BCUT2D eigenvalue weighted by Crippen LogP contribution is 2.18. The number of likely N-dealkylation sites (tertiary alicyclic amines) is 1. The highest BCUT2D eigenvalue weighted by atomic mass is 16.2. The average molecular weight is 427 g/mol. The second kappa shape index (κ2) is 10.7. The summed E-state index contributed by atoms with van der Waals surface area (Å²) in [6.45, 7) is 2.60. The van der Waals surface area contributed by atoms with Gasteiger partial charge in [-0.15, -0.1) is 0 Å². The van der Waals surface area contributed by atoms with E-state index in [0.717, 1.165) is 37.9 Å². The maximum atomic E-state index is 12.2. The molecule has 0 saturated carbocycles. The van der Waals surface area contributed by atoms with Gasteiger partial charge in [0, 0.05) is 45.3 Å². The number of hydrogen-bond acceptors (Lipinski definition) is 5. The highest BCUT2D eigenvalue weighted by molar-refractivity contribution is 5.89. The fourth-order valence-electron chi connectivity index (χ4n) is 3.78. The van der Waals surface area contributed by atoms with Gasteiger partial charge >= 0.3 is 11.7 Å². The lowest BCUT2D eigenvalue weighted by Crippen LogP contribution is -2.43. The fraction of sp³-hybridized carbons (Fsp3) is 0.455. The van der Waals surface area contributed by atoms with Crippen molar-refractivity contribution in [2.75, 3.05) is 39.0 Å². The molecular formula is C22H30N6O3. The van der Waals surface area contributed by atoms with E-state index >= 15 is 0 Å². The number of nitrogens with one attached hydrogen (secondary N) is 2. The lowest BCUT2D eigenvalue weighted by atomic mass is 10.2. The van der Waals surface area contributed by atoms with Crippen LogP contribution in [-0.4, -0.2) is 71.1 Å². The van der Waals surface area contributed by atoms with Gasteiger partial charge in [0.1, 0.15) is 0 Å². The maximum Gasteiger partial charge on any atom is 0.347 e. The predicted octanol–water partition coefficient (Wildman–Crippen LogP) is 1.36. The Morgan fingerprint density at radius 2 is 2.10 bits per heavy atom. The van der Waals surface area contributed by atoms with Crippen LogP contribution >= 0.6 is 0 Å². The molecule has 3 amide bonds. The van der Waals surface area contributed by atoms with Gasteiger partial charge in [0.15, 0.2) is 0 Å². The summed E-state index contributed by atoms with van der Waals surface area (Å²) in [4.78, 5) is 43.8. The van der Waals surface area contributed by atoms with Gasteiger partial charge in [0.2, 0.25) is 5.91 Å². The molecule has 166 valence electrons. The molecule has 2 heterocycles. The molecule has 0 bridgehead atoms. The van der Waals surface area contributed by atoms with E-state index in [2.05, 4.69) is 20.5 Å². The number of urea groups is 1. The van der Waals surface area contributed by atoms with Gasteiger partial charge in [0.05, 0.1) is 12.6 Å². The molecule has 1 aliphatic rings. The minimum absolute atomic E-state index is 0.0427. The first-order chi connectivity index (χ1) is 14.9. The van der Waals surface area contributed by atoms with Crippen LogP contribution in [0.3, 0.4) is 0 Å². The quantitative estimate of drug-likeness (QED) is 0.621. The van der Waals surface area contributed by atoms with Crippen molar-refractivity contribution in [2.45, 2.75) is 31.8 Å². The number of carbonyl (C=O) groups excluding carboxylic acids is 2. The van der Waals surface area contributed by atoms with E-state index in [1.807, 2.05) is 18.2 Å². The molecule has 0 radical (unpaired) electrons. The van der Waals surface area contributed by atoms with E-state index in [4.69, 9.17) is 0 Å². The molecule has 9 nitrogen and oxygen atoms in total. The third kappa shape index (κ3) is 6.39. The zero-order valence-corrected chi connectivity index (χ0v) is 18.1. The molecule has 1 saturated heterocycles. The first kappa shape index (κ1) is 22.5. The number of amides is 3. The summed E-state index contributed by atoms with van der Waals surface area (Å²) in [6.07, 6.45) is 5.84. The molecule has 2 N–H and O–H groups in total. The van der Waals surface area contributed by atoms with Crippen LogP contribution in [0.5, 0.6) is 0 Å². The Hall–Kier alpha value is -3.20. The fourth-order valence-corrected chi connectivity index (χ4v) is 3.78. The number of nitrogens with zero attached hydrogens (tertiary/aromatic N) is 4. The molecule has 0 unspecified atom stereocenters. The van der Waals surface area contributed by atoms with E-state index in [1.54, 1.807) is 37.3 Å². The van der Waals surface area contributed by atoms with Crippen molar-refractivity contribution in [3.8, 4) is 0 Å². The Morgan fingerprint density at radius 3 is 2.87 bits per heavy atom. The van der Waals surface area contributed by atoms with Crippen LogP contribution in [0.1, 0.15) is 24.8 Å². The van der Waals surface area contributed by atoms with Gasteiger partial charge < -0.3 is 15.5 Å². The second-order valence-electron chi connectivity index (χ2n) is 7.89. The molecule has 0 spiro atoms. The van der Waals surface area contributed by atoms with E-state index in [1.165, 1.54) is 10.8 Å². The number of likely N-dealkylation sites (N-methyl/N-ethyl adjacent to an activating group) is 1. The predicted molar refractivity (Wildman–Crippen MR) is 119 cm³/mol. The topological polar surface area (TPSA) is 99.6 Å². The van der Waals surface area contributed by atoms with Gasteiger partial charge in [-0.1, -0.05) is 12.1 Å².